The van der Waals surface area contributed by atoms with Crippen molar-refractivity contribution in [3.05, 3.63) is 34.7 Å². The van der Waals surface area contributed by atoms with Gasteiger partial charge in [0.15, 0.2) is 0 Å². The van der Waals surface area contributed by atoms with Gasteiger partial charge < -0.3 is 14.8 Å². The van der Waals surface area contributed by atoms with Crippen LogP contribution < -0.4 is 5.56 Å². The first kappa shape index (κ1) is 13.9. The summed E-state index contributed by atoms with van der Waals surface area (Å²) in [5.74, 6) is -2.20. The largest absolute Gasteiger partial charge is 0.480 e. The highest BCUT2D eigenvalue weighted by atomic mass is 16.4. The molecule has 1 aromatic rings. The first-order chi connectivity index (χ1) is 8.49. The molecule has 0 aliphatic rings. The summed E-state index contributed by atoms with van der Waals surface area (Å²) >= 11 is 0. The van der Waals surface area contributed by atoms with Crippen molar-refractivity contribution in [3.63, 3.8) is 0 Å². The van der Waals surface area contributed by atoms with Gasteiger partial charge in [0.1, 0.15) is 0 Å². The van der Waals surface area contributed by atoms with Crippen molar-refractivity contribution in [1.82, 2.24) is 9.47 Å². The number of pyridine rings is 1. The van der Waals surface area contributed by atoms with Crippen molar-refractivity contribution < 1.29 is 19.8 Å². The topological polar surface area (TPSA) is 99.8 Å². The van der Waals surface area contributed by atoms with Crippen LogP contribution in [0.15, 0.2) is 29.2 Å². The Morgan fingerprint density at radius 2 is 1.78 bits per heavy atom. The van der Waals surface area contributed by atoms with Crippen molar-refractivity contribution in [1.29, 1.82) is 0 Å². The average Bonchev–Trinajstić information content (AvgIpc) is 2.26. The number of rotatable bonds is 7. The molecule has 0 unspecified atom stereocenters. The summed E-state index contributed by atoms with van der Waals surface area (Å²) in [5, 5.41) is 17.3. The molecule has 0 aliphatic heterocycles. The summed E-state index contributed by atoms with van der Waals surface area (Å²) in [7, 11) is 0. The molecule has 1 heterocycles. The van der Waals surface area contributed by atoms with E-state index in [1.807, 2.05) is 0 Å². The van der Waals surface area contributed by atoms with Crippen LogP contribution in [0.4, 0.5) is 0 Å². The van der Waals surface area contributed by atoms with E-state index in [0.717, 1.165) is 0 Å². The van der Waals surface area contributed by atoms with Gasteiger partial charge in [-0.2, -0.15) is 0 Å². The fourth-order valence-electron chi connectivity index (χ4n) is 1.49. The Morgan fingerprint density at radius 1 is 1.17 bits per heavy atom. The van der Waals surface area contributed by atoms with Gasteiger partial charge in [0.25, 0.3) is 5.56 Å². The quantitative estimate of drug-likeness (QED) is 0.668. The molecule has 0 spiro atoms. The average molecular weight is 254 g/mol. The number of carboxylic acids is 2. The maximum Gasteiger partial charge on any atom is 0.317 e. The summed E-state index contributed by atoms with van der Waals surface area (Å²) < 4.78 is 1.40. The van der Waals surface area contributed by atoms with Crippen LogP contribution in [-0.4, -0.2) is 51.3 Å². The van der Waals surface area contributed by atoms with Gasteiger partial charge in [0, 0.05) is 25.4 Å². The molecule has 2 N–H and O–H groups in total. The van der Waals surface area contributed by atoms with Gasteiger partial charge in [-0.05, 0) is 6.07 Å². The summed E-state index contributed by atoms with van der Waals surface area (Å²) in [5.41, 5.74) is -0.205. The molecule has 98 valence electrons. The molecule has 0 bridgehead atoms. The zero-order valence-electron chi connectivity index (χ0n) is 9.65. The minimum atomic E-state index is -1.10. The Morgan fingerprint density at radius 3 is 2.28 bits per heavy atom. The van der Waals surface area contributed by atoms with Crippen molar-refractivity contribution in [2.75, 3.05) is 19.6 Å². The van der Waals surface area contributed by atoms with Gasteiger partial charge in [-0.25, -0.2) is 0 Å². The first-order valence-corrected chi connectivity index (χ1v) is 5.30. The third-order valence-electron chi connectivity index (χ3n) is 2.27. The standard InChI is InChI=1S/C11H14N2O5/c14-9-3-1-2-4-13(9)6-5-12(7-10(15)16)8-11(17)18/h1-4H,5-8H2,(H,15,16)(H,17,18). The lowest BCUT2D eigenvalue weighted by atomic mass is 10.4. The molecule has 0 fully saturated rings. The van der Waals surface area contributed by atoms with E-state index in [0.29, 0.717) is 0 Å². The van der Waals surface area contributed by atoms with E-state index in [1.54, 1.807) is 18.3 Å². The van der Waals surface area contributed by atoms with E-state index in [9.17, 15) is 14.4 Å². The van der Waals surface area contributed by atoms with Crippen LogP contribution in [0.25, 0.3) is 0 Å². The van der Waals surface area contributed by atoms with Crippen LogP contribution in [0.2, 0.25) is 0 Å². The molecular weight excluding hydrogens is 240 g/mol. The zero-order valence-corrected chi connectivity index (χ0v) is 9.65. The Labute approximate surface area is 103 Å². The minimum Gasteiger partial charge on any atom is -0.480 e. The Balaban J connectivity index is 2.61. The van der Waals surface area contributed by atoms with Gasteiger partial charge >= 0.3 is 11.9 Å². The smallest absolute Gasteiger partial charge is 0.317 e. The monoisotopic (exact) mass is 254 g/mol. The molecular formula is C11H14N2O5. The van der Waals surface area contributed by atoms with E-state index in [1.165, 1.54) is 15.5 Å². The lowest BCUT2D eigenvalue weighted by molar-refractivity contribution is -0.141. The van der Waals surface area contributed by atoms with Crippen LogP contribution in [0.3, 0.4) is 0 Å². The van der Waals surface area contributed by atoms with Gasteiger partial charge in [-0.3, -0.25) is 19.3 Å². The number of aromatic nitrogens is 1. The van der Waals surface area contributed by atoms with Gasteiger partial charge in [0.2, 0.25) is 0 Å². The molecule has 0 amide bonds. The van der Waals surface area contributed by atoms with E-state index >= 15 is 0 Å². The molecule has 0 aliphatic carbocycles. The molecule has 0 atom stereocenters. The first-order valence-electron chi connectivity index (χ1n) is 5.30. The highest BCUT2D eigenvalue weighted by Gasteiger charge is 2.13. The lowest BCUT2D eigenvalue weighted by Crippen LogP contribution is -2.37. The predicted molar refractivity (Wildman–Crippen MR) is 62.4 cm³/mol. The van der Waals surface area contributed by atoms with Crippen LogP contribution >= 0.6 is 0 Å². The summed E-state index contributed by atoms with van der Waals surface area (Å²) in [4.78, 5) is 33.8. The third-order valence-corrected chi connectivity index (χ3v) is 2.27. The molecule has 0 radical (unpaired) electrons. The number of carboxylic acid groups (broad SMARTS) is 2. The predicted octanol–water partition coefficient (Wildman–Crippen LogP) is -0.680. The van der Waals surface area contributed by atoms with E-state index in [2.05, 4.69) is 0 Å². The summed E-state index contributed by atoms with van der Waals surface area (Å²) in [6, 6.07) is 4.67. The van der Waals surface area contributed by atoms with Crippen molar-refractivity contribution in [3.8, 4) is 0 Å². The third kappa shape index (κ3) is 4.79. The van der Waals surface area contributed by atoms with Gasteiger partial charge in [-0.15, -0.1) is 0 Å². The van der Waals surface area contributed by atoms with Crippen molar-refractivity contribution >= 4 is 11.9 Å². The lowest BCUT2D eigenvalue weighted by Gasteiger charge is -2.18. The van der Waals surface area contributed by atoms with Crippen LogP contribution in [0, 0.1) is 0 Å². The number of hydrogen-bond acceptors (Lipinski definition) is 4. The fraction of sp³-hybridized carbons (Fsp3) is 0.364. The number of hydrogen-bond donors (Lipinski definition) is 2. The molecule has 1 rings (SSSR count). The van der Waals surface area contributed by atoms with Crippen molar-refractivity contribution in [2.45, 2.75) is 6.54 Å². The molecule has 18 heavy (non-hydrogen) atoms. The number of carbonyl (C=O) groups is 2. The maximum absolute atomic E-state index is 11.4. The Hall–Kier alpha value is -2.15. The maximum atomic E-state index is 11.4. The normalized spacial score (nSPS) is 10.5. The molecule has 0 aromatic carbocycles. The van der Waals surface area contributed by atoms with Crippen LogP contribution in [0.5, 0.6) is 0 Å². The van der Waals surface area contributed by atoms with Crippen molar-refractivity contribution in [2.24, 2.45) is 0 Å². The molecule has 0 saturated heterocycles. The van der Waals surface area contributed by atoms with Crippen LogP contribution in [0.1, 0.15) is 0 Å². The number of aliphatic carboxylic acids is 2. The SMILES string of the molecule is O=C(O)CN(CCn1ccccc1=O)CC(=O)O. The van der Waals surface area contributed by atoms with Gasteiger partial charge in [0.05, 0.1) is 13.1 Å². The second-order valence-corrected chi connectivity index (χ2v) is 3.73. The Bertz CT molecular complexity index is 466. The second kappa shape index (κ2) is 6.55. The highest BCUT2D eigenvalue weighted by Crippen LogP contribution is 1.91. The van der Waals surface area contributed by atoms with Crippen LogP contribution in [-0.2, 0) is 16.1 Å². The van der Waals surface area contributed by atoms with E-state index in [-0.39, 0.29) is 31.7 Å². The molecule has 7 nitrogen and oxygen atoms in total. The minimum absolute atomic E-state index is 0.183. The van der Waals surface area contributed by atoms with E-state index in [4.69, 9.17) is 10.2 Å². The highest BCUT2D eigenvalue weighted by molar-refractivity contribution is 5.72. The molecule has 7 heteroatoms. The van der Waals surface area contributed by atoms with Gasteiger partial charge in [-0.1, -0.05) is 6.07 Å². The molecule has 1 aromatic heterocycles. The molecule has 0 saturated carbocycles. The number of nitrogens with zero attached hydrogens (tertiary/aromatic N) is 2. The zero-order chi connectivity index (χ0) is 13.5. The second-order valence-electron chi connectivity index (χ2n) is 3.73. The Kier molecular flexibility index (Phi) is 5.06. The summed E-state index contributed by atoms with van der Waals surface area (Å²) in [6.45, 7) is -0.301. The summed E-state index contributed by atoms with van der Waals surface area (Å²) in [6.07, 6.45) is 1.57. The fourth-order valence-corrected chi connectivity index (χ4v) is 1.49. The van der Waals surface area contributed by atoms with E-state index < -0.39 is 11.9 Å².